The molecule has 0 heterocycles. The Kier molecular flexibility index (Phi) is 6.31. The van der Waals surface area contributed by atoms with Crippen molar-refractivity contribution in [1.82, 2.24) is 0 Å². The Hall–Kier alpha value is -3.29. The van der Waals surface area contributed by atoms with Crippen molar-refractivity contribution < 1.29 is 13.9 Å². The first-order valence-corrected chi connectivity index (χ1v) is 8.90. The molecule has 0 N–H and O–H groups in total. The molecule has 0 unspecified atom stereocenters. The fourth-order valence-corrected chi connectivity index (χ4v) is 2.94. The van der Waals surface area contributed by atoms with E-state index in [1.165, 1.54) is 19.2 Å². The second-order valence-electron chi connectivity index (χ2n) is 5.98. The van der Waals surface area contributed by atoms with Crippen LogP contribution in [-0.4, -0.2) is 7.11 Å². The smallest absolute Gasteiger partial charge is 0.161 e. The molecule has 0 aliphatic carbocycles. The van der Waals surface area contributed by atoms with E-state index in [0.29, 0.717) is 27.7 Å². The van der Waals surface area contributed by atoms with Gasteiger partial charge >= 0.3 is 0 Å². The van der Waals surface area contributed by atoms with E-state index >= 15 is 0 Å². The number of ether oxygens (including phenoxy) is 2. The molecule has 3 rings (SSSR count). The predicted octanol–water partition coefficient (Wildman–Crippen LogP) is 6.13. The highest BCUT2D eigenvalue weighted by Gasteiger charge is 2.09. The zero-order valence-electron chi connectivity index (χ0n) is 15.2. The fourth-order valence-electron chi connectivity index (χ4n) is 2.70. The quantitative estimate of drug-likeness (QED) is 0.373. The molecule has 3 aromatic rings. The molecule has 28 heavy (non-hydrogen) atoms. The second-order valence-corrected chi connectivity index (χ2v) is 6.39. The topological polar surface area (TPSA) is 42.2 Å². The third kappa shape index (κ3) is 4.70. The van der Waals surface area contributed by atoms with Gasteiger partial charge in [-0.15, -0.1) is 0 Å². The van der Waals surface area contributed by atoms with E-state index in [0.717, 1.165) is 11.1 Å². The largest absolute Gasteiger partial charge is 0.493 e. The summed E-state index contributed by atoms with van der Waals surface area (Å²) >= 11 is 6.20. The Labute approximate surface area is 168 Å². The van der Waals surface area contributed by atoms with Gasteiger partial charge in [-0.25, -0.2) is 4.39 Å². The Balaban J connectivity index is 1.84. The zero-order valence-corrected chi connectivity index (χ0v) is 15.9. The van der Waals surface area contributed by atoms with Crippen LogP contribution in [0.2, 0.25) is 5.02 Å². The van der Waals surface area contributed by atoms with Crippen molar-refractivity contribution in [2.75, 3.05) is 7.11 Å². The predicted molar refractivity (Wildman–Crippen MR) is 109 cm³/mol. The number of hydrogen-bond acceptors (Lipinski definition) is 3. The zero-order chi connectivity index (χ0) is 19.9. The van der Waals surface area contributed by atoms with Crippen LogP contribution in [0.15, 0.2) is 66.7 Å². The SMILES string of the molecule is COc1cc(C=C(C#N)c2ccccc2Cl)ccc1OCc1cccc(F)c1. The van der Waals surface area contributed by atoms with Gasteiger partial charge in [-0.3, -0.25) is 0 Å². The van der Waals surface area contributed by atoms with E-state index < -0.39 is 0 Å². The van der Waals surface area contributed by atoms with Crippen molar-refractivity contribution in [2.45, 2.75) is 6.61 Å². The number of halogens is 2. The minimum Gasteiger partial charge on any atom is -0.493 e. The number of benzene rings is 3. The lowest BCUT2D eigenvalue weighted by molar-refractivity contribution is 0.284. The molecule has 0 bridgehead atoms. The molecule has 5 heteroatoms. The monoisotopic (exact) mass is 393 g/mol. The normalized spacial score (nSPS) is 11.0. The molecule has 0 aliphatic rings. The lowest BCUT2D eigenvalue weighted by atomic mass is 10.0. The minimum absolute atomic E-state index is 0.215. The molecule has 0 radical (unpaired) electrons. The summed E-state index contributed by atoms with van der Waals surface area (Å²) in [6.07, 6.45) is 1.74. The molecule has 0 aromatic heterocycles. The van der Waals surface area contributed by atoms with E-state index in [1.807, 2.05) is 18.2 Å². The molecule has 0 saturated carbocycles. The number of hydrogen-bond donors (Lipinski definition) is 0. The maximum atomic E-state index is 13.3. The molecular weight excluding hydrogens is 377 g/mol. The van der Waals surface area contributed by atoms with Crippen LogP contribution in [0.5, 0.6) is 11.5 Å². The number of allylic oxidation sites excluding steroid dienone is 1. The Morgan fingerprint density at radius 1 is 1.07 bits per heavy atom. The average Bonchev–Trinajstić information content (AvgIpc) is 2.71. The van der Waals surface area contributed by atoms with E-state index in [-0.39, 0.29) is 12.4 Å². The highest BCUT2D eigenvalue weighted by molar-refractivity contribution is 6.32. The second kappa shape index (κ2) is 9.07. The van der Waals surface area contributed by atoms with Gasteiger partial charge in [0.1, 0.15) is 12.4 Å². The summed E-state index contributed by atoms with van der Waals surface area (Å²) in [6.45, 7) is 0.215. The number of rotatable bonds is 6. The van der Waals surface area contributed by atoms with Crippen molar-refractivity contribution in [3.8, 4) is 17.6 Å². The molecule has 0 atom stereocenters. The van der Waals surface area contributed by atoms with E-state index in [9.17, 15) is 9.65 Å². The van der Waals surface area contributed by atoms with Crippen molar-refractivity contribution in [3.63, 3.8) is 0 Å². The molecule has 0 saturated heterocycles. The van der Waals surface area contributed by atoms with Crippen molar-refractivity contribution in [3.05, 3.63) is 94.3 Å². The lowest BCUT2D eigenvalue weighted by Crippen LogP contribution is -1.98. The van der Waals surface area contributed by atoms with Crippen LogP contribution in [0.25, 0.3) is 11.6 Å². The Bertz CT molecular complexity index is 1060. The third-order valence-electron chi connectivity index (χ3n) is 4.07. The van der Waals surface area contributed by atoms with Gasteiger partial charge in [0.15, 0.2) is 11.5 Å². The first-order valence-electron chi connectivity index (χ1n) is 8.52. The van der Waals surface area contributed by atoms with Gasteiger partial charge in [-0.05, 0) is 47.5 Å². The summed E-state index contributed by atoms with van der Waals surface area (Å²) in [5, 5.41) is 10.0. The van der Waals surface area contributed by atoms with Crippen LogP contribution in [0.1, 0.15) is 16.7 Å². The Morgan fingerprint density at radius 3 is 2.61 bits per heavy atom. The first-order chi connectivity index (χ1) is 13.6. The van der Waals surface area contributed by atoms with Gasteiger partial charge in [0.2, 0.25) is 0 Å². The van der Waals surface area contributed by atoms with Crippen LogP contribution in [0, 0.1) is 17.1 Å². The van der Waals surface area contributed by atoms with Crippen LogP contribution >= 0.6 is 11.6 Å². The number of nitriles is 1. The minimum atomic E-state index is -0.308. The van der Waals surface area contributed by atoms with E-state index in [2.05, 4.69) is 6.07 Å². The lowest BCUT2D eigenvalue weighted by Gasteiger charge is -2.12. The molecule has 3 aromatic carbocycles. The van der Waals surface area contributed by atoms with Crippen molar-refractivity contribution in [1.29, 1.82) is 5.26 Å². The highest BCUT2D eigenvalue weighted by atomic mass is 35.5. The van der Waals surface area contributed by atoms with Crippen LogP contribution in [0.4, 0.5) is 4.39 Å². The Morgan fingerprint density at radius 2 is 1.89 bits per heavy atom. The van der Waals surface area contributed by atoms with Gasteiger partial charge in [0, 0.05) is 10.6 Å². The molecule has 140 valence electrons. The van der Waals surface area contributed by atoms with Crippen molar-refractivity contribution >= 4 is 23.3 Å². The summed E-state index contributed by atoms with van der Waals surface area (Å²) in [7, 11) is 1.54. The van der Waals surface area contributed by atoms with Gasteiger partial charge in [-0.2, -0.15) is 5.26 Å². The summed E-state index contributed by atoms with van der Waals surface area (Å²) in [6, 6.07) is 20.9. The van der Waals surface area contributed by atoms with Crippen molar-refractivity contribution in [2.24, 2.45) is 0 Å². The summed E-state index contributed by atoms with van der Waals surface area (Å²) in [4.78, 5) is 0. The molecule has 0 fully saturated rings. The summed E-state index contributed by atoms with van der Waals surface area (Å²) in [5.41, 5.74) is 2.60. The highest BCUT2D eigenvalue weighted by Crippen LogP contribution is 2.31. The van der Waals surface area contributed by atoms with E-state index in [4.69, 9.17) is 21.1 Å². The molecular formula is C23H17ClFNO2. The first kappa shape index (κ1) is 19.5. The van der Waals surface area contributed by atoms with E-state index in [1.54, 1.807) is 42.5 Å². The summed E-state index contributed by atoms with van der Waals surface area (Å²) < 4.78 is 24.5. The standard InChI is InChI=1S/C23H17ClFNO2/c1-27-23-13-16(11-18(14-26)20-7-2-3-8-21(20)24)9-10-22(23)28-15-17-5-4-6-19(25)12-17/h2-13H,15H2,1H3. The molecule has 0 aliphatic heterocycles. The third-order valence-corrected chi connectivity index (χ3v) is 4.40. The maximum absolute atomic E-state index is 13.3. The number of methoxy groups -OCH3 is 1. The van der Waals surface area contributed by atoms with Crippen LogP contribution < -0.4 is 9.47 Å². The maximum Gasteiger partial charge on any atom is 0.161 e. The average molecular weight is 394 g/mol. The summed E-state index contributed by atoms with van der Waals surface area (Å²) in [5.74, 6) is 0.735. The molecule has 0 amide bonds. The van der Waals surface area contributed by atoms with Gasteiger partial charge in [0.25, 0.3) is 0 Å². The van der Waals surface area contributed by atoms with Crippen LogP contribution in [0.3, 0.4) is 0 Å². The van der Waals surface area contributed by atoms with Gasteiger partial charge in [0.05, 0.1) is 18.8 Å². The molecule has 0 spiro atoms. The van der Waals surface area contributed by atoms with Gasteiger partial charge < -0.3 is 9.47 Å². The molecule has 3 nitrogen and oxygen atoms in total. The van der Waals surface area contributed by atoms with Gasteiger partial charge in [-0.1, -0.05) is 48.0 Å². The number of nitrogens with zero attached hydrogens (tertiary/aromatic N) is 1. The fraction of sp³-hybridized carbons (Fsp3) is 0.0870. The van der Waals surface area contributed by atoms with Crippen LogP contribution in [-0.2, 0) is 6.61 Å².